The van der Waals surface area contributed by atoms with Crippen LogP contribution >= 0.6 is 0 Å². The van der Waals surface area contributed by atoms with Crippen LogP contribution in [0.25, 0.3) is 28.0 Å². The summed E-state index contributed by atoms with van der Waals surface area (Å²) in [6.07, 6.45) is 1.87. The van der Waals surface area contributed by atoms with Crippen LogP contribution in [-0.4, -0.2) is 30.6 Å². The van der Waals surface area contributed by atoms with Crippen LogP contribution in [0.2, 0.25) is 0 Å². The summed E-state index contributed by atoms with van der Waals surface area (Å²) in [7, 11) is 0. The van der Waals surface area contributed by atoms with Crippen molar-refractivity contribution >= 4 is 22.7 Å². The first-order valence-electron chi connectivity index (χ1n) is 9.96. The molecule has 8 nitrogen and oxygen atoms in total. The molecule has 0 fully saturated rings. The van der Waals surface area contributed by atoms with Gasteiger partial charge in [-0.25, -0.2) is 4.98 Å². The molecule has 0 spiro atoms. The summed E-state index contributed by atoms with van der Waals surface area (Å²) in [6.45, 7) is 5.70. The SMILES string of the molecule is Cc1ccc(-c2cc(C(=O)NC(C)c3nnc4ccccn34)c3c(C)noc3n2)cc1. The molecule has 5 rings (SSSR count). The topological polar surface area (TPSA) is 98.2 Å². The Morgan fingerprint density at radius 2 is 1.90 bits per heavy atom. The number of pyridine rings is 2. The first-order valence-corrected chi connectivity index (χ1v) is 9.96. The minimum absolute atomic E-state index is 0.257. The summed E-state index contributed by atoms with van der Waals surface area (Å²) in [5.74, 6) is 0.391. The summed E-state index contributed by atoms with van der Waals surface area (Å²) in [6, 6.07) is 15.0. The van der Waals surface area contributed by atoms with Crippen LogP contribution in [0.3, 0.4) is 0 Å². The van der Waals surface area contributed by atoms with Crippen molar-refractivity contribution in [3.05, 3.63) is 77.4 Å². The Morgan fingerprint density at radius 3 is 2.71 bits per heavy atom. The second kappa shape index (κ2) is 7.32. The van der Waals surface area contributed by atoms with Crippen molar-refractivity contribution in [2.24, 2.45) is 0 Å². The maximum Gasteiger partial charge on any atom is 0.259 e. The molecule has 5 aromatic rings. The van der Waals surface area contributed by atoms with Crippen LogP contribution < -0.4 is 5.32 Å². The summed E-state index contributed by atoms with van der Waals surface area (Å²) >= 11 is 0. The molecule has 1 unspecified atom stereocenters. The first kappa shape index (κ1) is 18.9. The zero-order valence-corrected chi connectivity index (χ0v) is 17.3. The van der Waals surface area contributed by atoms with Crippen LogP contribution in [0, 0.1) is 13.8 Å². The summed E-state index contributed by atoms with van der Waals surface area (Å²) in [5.41, 5.74) is 4.82. The summed E-state index contributed by atoms with van der Waals surface area (Å²) < 4.78 is 7.25. The Morgan fingerprint density at radius 1 is 1.10 bits per heavy atom. The molecule has 0 aliphatic rings. The van der Waals surface area contributed by atoms with Gasteiger partial charge in [-0.3, -0.25) is 9.20 Å². The van der Waals surface area contributed by atoms with Gasteiger partial charge in [0.15, 0.2) is 11.5 Å². The lowest BCUT2D eigenvalue weighted by molar-refractivity contribution is 0.0939. The largest absolute Gasteiger partial charge is 0.342 e. The van der Waals surface area contributed by atoms with Gasteiger partial charge in [-0.05, 0) is 39.0 Å². The fourth-order valence-electron chi connectivity index (χ4n) is 3.64. The van der Waals surface area contributed by atoms with E-state index in [2.05, 4.69) is 25.7 Å². The number of carbonyl (C=O) groups is 1. The molecule has 0 radical (unpaired) electrons. The van der Waals surface area contributed by atoms with Crippen molar-refractivity contribution < 1.29 is 9.32 Å². The van der Waals surface area contributed by atoms with Gasteiger partial charge in [0, 0.05) is 11.8 Å². The highest BCUT2D eigenvalue weighted by molar-refractivity contribution is 6.07. The van der Waals surface area contributed by atoms with E-state index in [1.165, 1.54) is 0 Å². The van der Waals surface area contributed by atoms with E-state index in [-0.39, 0.29) is 11.9 Å². The predicted molar refractivity (Wildman–Crippen MR) is 116 cm³/mol. The normalized spacial score (nSPS) is 12.4. The second-order valence-corrected chi connectivity index (χ2v) is 7.55. The number of amides is 1. The maximum absolute atomic E-state index is 13.3. The van der Waals surface area contributed by atoms with Gasteiger partial charge in [-0.1, -0.05) is 41.1 Å². The van der Waals surface area contributed by atoms with Crippen molar-refractivity contribution in [2.75, 3.05) is 0 Å². The zero-order chi connectivity index (χ0) is 21.5. The summed E-state index contributed by atoms with van der Waals surface area (Å²) in [5, 5.41) is 16.0. The van der Waals surface area contributed by atoms with E-state index in [1.807, 2.05) is 66.9 Å². The molecule has 0 bridgehead atoms. The number of fused-ring (bicyclic) bond motifs is 2. The number of aromatic nitrogens is 5. The Labute approximate surface area is 177 Å². The van der Waals surface area contributed by atoms with Gasteiger partial charge in [0.1, 0.15) is 0 Å². The number of nitrogens with zero attached hydrogens (tertiary/aromatic N) is 5. The maximum atomic E-state index is 13.3. The molecule has 4 heterocycles. The van der Waals surface area contributed by atoms with E-state index in [9.17, 15) is 4.79 Å². The van der Waals surface area contributed by atoms with Gasteiger partial charge < -0.3 is 9.84 Å². The van der Waals surface area contributed by atoms with Crippen LogP contribution in [0.1, 0.15) is 40.4 Å². The van der Waals surface area contributed by atoms with E-state index >= 15 is 0 Å². The minimum atomic E-state index is -0.365. The number of hydrogen-bond donors (Lipinski definition) is 1. The van der Waals surface area contributed by atoms with Crippen molar-refractivity contribution in [3.8, 4) is 11.3 Å². The van der Waals surface area contributed by atoms with E-state index in [0.717, 1.165) is 16.8 Å². The predicted octanol–water partition coefficient (Wildman–Crippen LogP) is 4.04. The van der Waals surface area contributed by atoms with Crippen molar-refractivity contribution in [1.29, 1.82) is 0 Å². The third-order valence-electron chi connectivity index (χ3n) is 5.28. The molecule has 0 aliphatic carbocycles. The fraction of sp³-hybridized carbons (Fsp3) is 0.174. The highest BCUT2D eigenvalue weighted by Crippen LogP contribution is 2.27. The van der Waals surface area contributed by atoms with Gasteiger partial charge in [0.25, 0.3) is 11.6 Å². The Hall–Kier alpha value is -4.07. The molecule has 0 saturated heterocycles. The highest BCUT2D eigenvalue weighted by atomic mass is 16.5. The molecule has 8 heteroatoms. The third kappa shape index (κ3) is 3.31. The van der Waals surface area contributed by atoms with Gasteiger partial charge in [0.2, 0.25) is 0 Å². The lowest BCUT2D eigenvalue weighted by Gasteiger charge is -2.13. The third-order valence-corrected chi connectivity index (χ3v) is 5.28. The van der Waals surface area contributed by atoms with Crippen LogP contribution in [-0.2, 0) is 0 Å². The monoisotopic (exact) mass is 412 g/mol. The van der Waals surface area contributed by atoms with E-state index in [0.29, 0.717) is 33.9 Å². The average Bonchev–Trinajstić information content (AvgIpc) is 3.37. The Kier molecular flexibility index (Phi) is 4.47. The Bertz CT molecular complexity index is 1420. The molecular weight excluding hydrogens is 392 g/mol. The van der Waals surface area contributed by atoms with Crippen LogP contribution in [0.4, 0.5) is 0 Å². The van der Waals surface area contributed by atoms with Gasteiger partial charge in [-0.2, -0.15) is 0 Å². The summed E-state index contributed by atoms with van der Waals surface area (Å²) in [4.78, 5) is 17.9. The van der Waals surface area contributed by atoms with E-state index in [4.69, 9.17) is 4.52 Å². The molecule has 154 valence electrons. The standard InChI is InChI=1S/C23H20N6O2/c1-13-7-9-16(10-8-13)18-12-17(20-14(2)28-31-23(20)25-18)22(30)24-15(3)21-27-26-19-6-4-5-11-29(19)21/h4-12,15H,1-3H3,(H,24,30). The average molecular weight is 412 g/mol. The minimum Gasteiger partial charge on any atom is -0.342 e. The number of nitrogens with one attached hydrogen (secondary N) is 1. The number of rotatable bonds is 4. The lowest BCUT2D eigenvalue weighted by atomic mass is 10.0. The Balaban J connectivity index is 1.54. The molecule has 1 atom stereocenters. The fourth-order valence-corrected chi connectivity index (χ4v) is 3.64. The van der Waals surface area contributed by atoms with Gasteiger partial charge in [0.05, 0.1) is 28.4 Å². The highest BCUT2D eigenvalue weighted by Gasteiger charge is 2.22. The van der Waals surface area contributed by atoms with Crippen LogP contribution in [0.15, 0.2) is 59.3 Å². The molecule has 4 aromatic heterocycles. The molecule has 1 amide bonds. The van der Waals surface area contributed by atoms with Crippen molar-refractivity contribution in [2.45, 2.75) is 26.8 Å². The van der Waals surface area contributed by atoms with Crippen molar-refractivity contribution in [1.82, 2.24) is 30.1 Å². The van der Waals surface area contributed by atoms with E-state index < -0.39 is 0 Å². The molecule has 31 heavy (non-hydrogen) atoms. The van der Waals surface area contributed by atoms with Gasteiger partial charge >= 0.3 is 0 Å². The number of hydrogen-bond acceptors (Lipinski definition) is 6. The van der Waals surface area contributed by atoms with Crippen molar-refractivity contribution in [3.63, 3.8) is 0 Å². The van der Waals surface area contributed by atoms with Gasteiger partial charge in [-0.15, -0.1) is 10.2 Å². The molecular formula is C23H20N6O2. The number of aryl methyl sites for hydroxylation is 2. The number of benzene rings is 1. The zero-order valence-electron chi connectivity index (χ0n) is 17.3. The number of carbonyl (C=O) groups excluding carboxylic acids is 1. The molecule has 0 aliphatic heterocycles. The first-order chi connectivity index (χ1) is 15.0. The lowest BCUT2D eigenvalue weighted by Crippen LogP contribution is -2.28. The molecule has 1 N–H and O–H groups in total. The molecule has 1 aromatic carbocycles. The second-order valence-electron chi connectivity index (χ2n) is 7.55. The molecule has 0 saturated carbocycles. The smallest absolute Gasteiger partial charge is 0.259 e. The van der Waals surface area contributed by atoms with Crippen LogP contribution in [0.5, 0.6) is 0 Å². The van der Waals surface area contributed by atoms with E-state index in [1.54, 1.807) is 13.0 Å². The quantitative estimate of drug-likeness (QED) is 0.478.